The van der Waals surface area contributed by atoms with E-state index in [9.17, 15) is 9.59 Å². The summed E-state index contributed by atoms with van der Waals surface area (Å²) in [6.07, 6.45) is 0.387. The summed E-state index contributed by atoms with van der Waals surface area (Å²) in [5, 5.41) is 8.72. The maximum Gasteiger partial charge on any atom is 0.307 e. The average Bonchev–Trinajstić information content (AvgIpc) is 1.83. The van der Waals surface area contributed by atoms with E-state index in [2.05, 4.69) is 0 Å². The Labute approximate surface area is 70.7 Å². The Bertz CT molecular complexity index is 212. The first-order valence-corrected chi connectivity index (χ1v) is 3.89. The van der Waals surface area contributed by atoms with Gasteiger partial charge in [0.05, 0.1) is 5.92 Å². The highest BCUT2D eigenvalue weighted by atomic mass is 16.4. The van der Waals surface area contributed by atoms with Gasteiger partial charge in [-0.2, -0.15) is 0 Å². The molecule has 0 heterocycles. The second-order valence-electron chi connectivity index (χ2n) is 3.90. The third-order valence-corrected chi connectivity index (χ3v) is 2.91. The van der Waals surface area contributed by atoms with E-state index in [1.54, 1.807) is 13.8 Å². The van der Waals surface area contributed by atoms with Crippen LogP contribution in [0.15, 0.2) is 0 Å². The van der Waals surface area contributed by atoms with Crippen LogP contribution in [-0.2, 0) is 9.59 Å². The van der Waals surface area contributed by atoms with Gasteiger partial charge in [0.1, 0.15) is 0 Å². The highest BCUT2D eigenvalue weighted by Gasteiger charge is 2.54. The molecule has 1 fully saturated rings. The van der Waals surface area contributed by atoms with Crippen molar-refractivity contribution < 1.29 is 14.7 Å². The van der Waals surface area contributed by atoms with Crippen LogP contribution in [0.2, 0.25) is 0 Å². The molecule has 0 bridgehead atoms. The zero-order valence-corrected chi connectivity index (χ0v) is 7.20. The van der Waals surface area contributed by atoms with Crippen LogP contribution in [0.5, 0.6) is 0 Å². The maximum atomic E-state index is 10.8. The summed E-state index contributed by atoms with van der Waals surface area (Å²) in [4.78, 5) is 21.4. The van der Waals surface area contributed by atoms with Crippen molar-refractivity contribution in [2.75, 3.05) is 0 Å². The molecule has 1 aliphatic carbocycles. The van der Waals surface area contributed by atoms with Gasteiger partial charge in [-0.3, -0.25) is 9.59 Å². The molecule has 1 saturated carbocycles. The van der Waals surface area contributed by atoms with Crippen molar-refractivity contribution in [1.82, 2.24) is 0 Å². The fourth-order valence-electron chi connectivity index (χ4n) is 1.83. The summed E-state index contributed by atoms with van der Waals surface area (Å²) in [5.41, 5.74) is 4.63. The molecule has 0 radical (unpaired) electrons. The van der Waals surface area contributed by atoms with Crippen molar-refractivity contribution in [2.24, 2.45) is 23.0 Å². The Balaban J connectivity index is 2.72. The molecule has 0 aromatic carbocycles. The molecule has 68 valence electrons. The maximum absolute atomic E-state index is 10.8. The van der Waals surface area contributed by atoms with E-state index in [0.717, 1.165) is 0 Å². The summed E-state index contributed by atoms with van der Waals surface area (Å²) >= 11 is 0. The third kappa shape index (κ3) is 1.07. The van der Waals surface area contributed by atoms with Gasteiger partial charge < -0.3 is 10.8 Å². The predicted molar refractivity (Wildman–Crippen MR) is 42.2 cm³/mol. The predicted octanol–water partition coefficient (Wildman–Crippen LogP) is 0.219. The Kier molecular flexibility index (Phi) is 1.86. The molecule has 0 unspecified atom stereocenters. The van der Waals surface area contributed by atoms with E-state index in [0.29, 0.717) is 6.42 Å². The molecule has 0 saturated heterocycles. The van der Waals surface area contributed by atoms with Gasteiger partial charge in [0.15, 0.2) is 0 Å². The molecule has 1 amide bonds. The number of primary amides is 1. The minimum Gasteiger partial charge on any atom is -0.481 e. The van der Waals surface area contributed by atoms with E-state index in [-0.39, 0.29) is 5.92 Å². The first-order chi connectivity index (χ1) is 5.37. The van der Waals surface area contributed by atoms with Crippen molar-refractivity contribution >= 4 is 11.9 Å². The van der Waals surface area contributed by atoms with Crippen LogP contribution < -0.4 is 5.73 Å². The largest absolute Gasteiger partial charge is 0.481 e. The first kappa shape index (κ1) is 9.03. The lowest BCUT2D eigenvalue weighted by Gasteiger charge is -2.47. The van der Waals surface area contributed by atoms with E-state index >= 15 is 0 Å². The highest BCUT2D eigenvalue weighted by molar-refractivity contribution is 5.83. The van der Waals surface area contributed by atoms with Gasteiger partial charge in [-0.25, -0.2) is 0 Å². The Hall–Kier alpha value is -1.06. The fraction of sp³-hybridized carbons (Fsp3) is 0.750. The minimum atomic E-state index is -0.836. The van der Waals surface area contributed by atoms with Crippen LogP contribution >= 0.6 is 0 Å². The van der Waals surface area contributed by atoms with Crippen molar-refractivity contribution in [3.63, 3.8) is 0 Å². The average molecular weight is 171 g/mol. The summed E-state index contributed by atoms with van der Waals surface area (Å²) in [6.45, 7) is 3.54. The molecular formula is C8H13NO3. The zero-order valence-electron chi connectivity index (χ0n) is 7.20. The van der Waals surface area contributed by atoms with Crippen molar-refractivity contribution in [3.8, 4) is 0 Å². The number of carbonyl (C=O) groups is 2. The number of hydrogen-bond donors (Lipinski definition) is 2. The van der Waals surface area contributed by atoms with Gasteiger partial charge in [0.25, 0.3) is 0 Å². The molecule has 3 N–H and O–H groups in total. The molecular weight excluding hydrogens is 158 g/mol. The van der Waals surface area contributed by atoms with Crippen LogP contribution in [0.1, 0.15) is 20.3 Å². The van der Waals surface area contributed by atoms with Gasteiger partial charge in [-0.1, -0.05) is 13.8 Å². The van der Waals surface area contributed by atoms with Gasteiger partial charge >= 0.3 is 5.97 Å². The second kappa shape index (κ2) is 2.47. The Morgan fingerprint density at radius 3 is 2.17 bits per heavy atom. The monoisotopic (exact) mass is 171 g/mol. The lowest BCUT2D eigenvalue weighted by Crippen LogP contribution is -2.53. The van der Waals surface area contributed by atoms with Gasteiger partial charge in [-0.15, -0.1) is 0 Å². The van der Waals surface area contributed by atoms with Crippen molar-refractivity contribution in [3.05, 3.63) is 0 Å². The number of carboxylic acids is 1. The summed E-state index contributed by atoms with van der Waals surface area (Å²) in [7, 11) is 0. The van der Waals surface area contributed by atoms with Crippen LogP contribution in [0.4, 0.5) is 0 Å². The number of nitrogens with two attached hydrogens (primary N) is 1. The molecule has 2 atom stereocenters. The Morgan fingerprint density at radius 1 is 1.42 bits per heavy atom. The fourth-order valence-corrected chi connectivity index (χ4v) is 1.83. The molecule has 1 aliphatic rings. The number of carboxylic acid groups (broad SMARTS) is 1. The molecule has 4 nitrogen and oxygen atoms in total. The topological polar surface area (TPSA) is 80.4 Å². The van der Waals surface area contributed by atoms with E-state index in [4.69, 9.17) is 10.8 Å². The molecule has 1 rings (SSSR count). The standard InChI is InChI=1S/C8H13NO3/c1-8(2)4(6(9)10)3-5(8)7(11)12/h4-5H,3H2,1-2H3,(H2,9,10)(H,11,12)/t4-,5+/m1/s1. The van der Waals surface area contributed by atoms with Crippen LogP contribution in [0.25, 0.3) is 0 Å². The number of hydrogen-bond acceptors (Lipinski definition) is 2. The SMILES string of the molecule is CC1(C)[C@@H](C(N)=O)C[C@H]1C(=O)O. The number of carbonyl (C=O) groups excluding carboxylic acids is 1. The lowest BCUT2D eigenvalue weighted by molar-refractivity contribution is -0.162. The minimum absolute atomic E-state index is 0.279. The van der Waals surface area contributed by atoms with Crippen LogP contribution in [0, 0.1) is 17.3 Å². The number of aliphatic carboxylic acids is 1. The summed E-state index contributed by atoms with van der Waals surface area (Å²) in [6, 6.07) is 0. The van der Waals surface area contributed by atoms with Crippen LogP contribution in [0.3, 0.4) is 0 Å². The van der Waals surface area contributed by atoms with E-state index in [1.165, 1.54) is 0 Å². The quantitative estimate of drug-likeness (QED) is 0.623. The second-order valence-corrected chi connectivity index (χ2v) is 3.90. The van der Waals surface area contributed by atoms with Crippen molar-refractivity contribution in [2.45, 2.75) is 20.3 Å². The first-order valence-electron chi connectivity index (χ1n) is 3.89. The molecule has 0 aromatic heterocycles. The van der Waals surface area contributed by atoms with Gasteiger partial charge in [0.2, 0.25) is 5.91 Å². The van der Waals surface area contributed by atoms with E-state index < -0.39 is 23.2 Å². The molecule has 0 aliphatic heterocycles. The molecule has 0 spiro atoms. The zero-order chi connectivity index (χ0) is 9.52. The number of amides is 1. The molecule has 4 heteroatoms. The highest BCUT2D eigenvalue weighted by Crippen LogP contribution is 2.51. The number of rotatable bonds is 2. The summed E-state index contributed by atoms with van der Waals surface area (Å²) < 4.78 is 0. The normalized spacial score (nSPS) is 32.2. The van der Waals surface area contributed by atoms with Crippen molar-refractivity contribution in [1.29, 1.82) is 0 Å². The van der Waals surface area contributed by atoms with Gasteiger partial charge in [0, 0.05) is 5.92 Å². The van der Waals surface area contributed by atoms with E-state index in [1.807, 2.05) is 0 Å². The van der Waals surface area contributed by atoms with Gasteiger partial charge in [-0.05, 0) is 11.8 Å². The third-order valence-electron chi connectivity index (χ3n) is 2.91. The van der Waals surface area contributed by atoms with Crippen LogP contribution in [-0.4, -0.2) is 17.0 Å². The molecule has 0 aromatic rings. The molecule has 12 heavy (non-hydrogen) atoms. The Morgan fingerprint density at radius 2 is 1.92 bits per heavy atom. The summed E-state index contributed by atoms with van der Waals surface area (Å²) in [5.74, 6) is -1.93. The smallest absolute Gasteiger partial charge is 0.307 e. The lowest BCUT2D eigenvalue weighted by atomic mass is 9.54.